The monoisotopic (exact) mass is 234 g/mol. The summed E-state index contributed by atoms with van der Waals surface area (Å²) in [7, 11) is 0. The lowest BCUT2D eigenvalue weighted by molar-refractivity contribution is -0.123. The molecule has 17 heavy (non-hydrogen) atoms. The molecule has 1 saturated carbocycles. The molecule has 0 aromatic heterocycles. The van der Waals surface area contributed by atoms with E-state index in [1.54, 1.807) is 0 Å². The topological polar surface area (TPSA) is 64.4 Å². The molecule has 1 aliphatic carbocycles. The second kappa shape index (κ2) is 5.19. The summed E-state index contributed by atoms with van der Waals surface area (Å²) in [5.41, 5.74) is 5.18. The van der Waals surface area contributed by atoms with Crippen LogP contribution in [0.2, 0.25) is 0 Å². The van der Waals surface area contributed by atoms with Crippen LogP contribution in [0, 0.1) is 0 Å². The van der Waals surface area contributed by atoms with Gasteiger partial charge >= 0.3 is 0 Å². The van der Waals surface area contributed by atoms with Gasteiger partial charge in [0.2, 0.25) is 5.91 Å². The molecule has 4 heteroatoms. The van der Waals surface area contributed by atoms with Crippen molar-refractivity contribution in [2.75, 3.05) is 13.2 Å². The molecule has 0 atom stereocenters. The number of benzene rings is 1. The molecule has 0 unspecified atom stereocenters. The van der Waals surface area contributed by atoms with Gasteiger partial charge in [-0.15, -0.1) is 0 Å². The van der Waals surface area contributed by atoms with Crippen LogP contribution < -0.4 is 15.8 Å². The Hall–Kier alpha value is -1.55. The third-order valence-corrected chi connectivity index (χ3v) is 2.86. The minimum atomic E-state index is -0.569. The molecular weight excluding hydrogens is 216 g/mol. The Labute approximate surface area is 101 Å². The molecular formula is C13H18N2O2. The fraction of sp³-hybridized carbons (Fsp3) is 0.462. The highest BCUT2D eigenvalue weighted by Gasteiger charge is 2.45. The first-order valence-electron chi connectivity index (χ1n) is 5.96. The van der Waals surface area contributed by atoms with Gasteiger partial charge in [-0.05, 0) is 31.4 Å². The van der Waals surface area contributed by atoms with E-state index in [9.17, 15) is 4.79 Å². The highest BCUT2D eigenvalue weighted by atomic mass is 16.5. The lowest BCUT2D eigenvalue weighted by Crippen LogP contribution is -2.43. The summed E-state index contributed by atoms with van der Waals surface area (Å²) in [6.07, 6.45) is 2.40. The standard InChI is InChI=1S/C13H18N2O2/c14-13(7-8-13)12(16)15-9-4-10-17-11-5-2-1-3-6-11/h1-3,5-6H,4,7-10,14H2,(H,15,16). The fourth-order valence-electron chi connectivity index (χ4n) is 1.52. The molecule has 92 valence electrons. The van der Waals surface area contributed by atoms with E-state index in [1.165, 1.54) is 0 Å². The minimum Gasteiger partial charge on any atom is -0.494 e. The van der Waals surface area contributed by atoms with Crippen molar-refractivity contribution >= 4 is 5.91 Å². The molecule has 1 aliphatic rings. The Bertz CT molecular complexity index is 374. The van der Waals surface area contributed by atoms with E-state index < -0.39 is 5.54 Å². The first-order chi connectivity index (χ1) is 8.21. The molecule has 1 aromatic rings. The van der Waals surface area contributed by atoms with Gasteiger partial charge in [0.1, 0.15) is 5.75 Å². The summed E-state index contributed by atoms with van der Waals surface area (Å²) in [6, 6.07) is 9.64. The third kappa shape index (κ3) is 3.46. The zero-order valence-electron chi connectivity index (χ0n) is 9.82. The van der Waals surface area contributed by atoms with Crippen LogP contribution in [0.25, 0.3) is 0 Å². The second-order valence-electron chi connectivity index (χ2n) is 4.43. The van der Waals surface area contributed by atoms with Crippen molar-refractivity contribution in [2.45, 2.75) is 24.8 Å². The number of ether oxygens (including phenoxy) is 1. The summed E-state index contributed by atoms with van der Waals surface area (Å²) in [5, 5.41) is 2.83. The number of carbonyl (C=O) groups is 1. The zero-order valence-corrected chi connectivity index (χ0v) is 9.82. The summed E-state index contributed by atoms with van der Waals surface area (Å²) in [4.78, 5) is 11.5. The fourth-order valence-corrected chi connectivity index (χ4v) is 1.52. The van der Waals surface area contributed by atoms with Crippen molar-refractivity contribution in [1.29, 1.82) is 0 Å². The van der Waals surface area contributed by atoms with E-state index in [4.69, 9.17) is 10.5 Å². The van der Waals surface area contributed by atoms with E-state index >= 15 is 0 Å². The van der Waals surface area contributed by atoms with Gasteiger partial charge < -0.3 is 15.8 Å². The average Bonchev–Trinajstić information content (AvgIpc) is 3.09. The number of nitrogens with two attached hydrogens (primary N) is 1. The maximum atomic E-state index is 11.5. The Morgan fingerprint density at radius 3 is 2.71 bits per heavy atom. The van der Waals surface area contributed by atoms with Gasteiger partial charge in [0, 0.05) is 6.54 Å². The van der Waals surface area contributed by atoms with Gasteiger partial charge in [-0.2, -0.15) is 0 Å². The average molecular weight is 234 g/mol. The number of hydrogen-bond acceptors (Lipinski definition) is 3. The Balaban J connectivity index is 1.56. The van der Waals surface area contributed by atoms with Gasteiger partial charge in [-0.25, -0.2) is 0 Å². The summed E-state index contributed by atoms with van der Waals surface area (Å²) in [6.45, 7) is 1.21. The SMILES string of the molecule is NC1(C(=O)NCCCOc2ccccc2)CC1. The van der Waals surface area contributed by atoms with Crippen LogP contribution in [-0.4, -0.2) is 24.6 Å². The quantitative estimate of drug-likeness (QED) is 0.723. The Morgan fingerprint density at radius 2 is 2.06 bits per heavy atom. The first kappa shape index (κ1) is 11.9. The molecule has 3 N–H and O–H groups in total. The van der Waals surface area contributed by atoms with E-state index in [2.05, 4.69) is 5.32 Å². The Morgan fingerprint density at radius 1 is 1.35 bits per heavy atom. The predicted octanol–water partition coefficient (Wildman–Crippen LogP) is 1.06. The number of nitrogens with one attached hydrogen (secondary N) is 1. The van der Waals surface area contributed by atoms with Crippen LogP contribution in [0.4, 0.5) is 0 Å². The van der Waals surface area contributed by atoms with Crippen LogP contribution in [0.1, 0.15) is 19.3 Å². The molecule has 0 heterocycles. The lowest BCUT2D eigenvalue weighted by Gasteiger charge is -2.10. The largest absolute Gasteiger partial charge is 0.494 e. The summed E-state index contributed by atoms with van der Waals surface area (Å²) < 4.78 is 5.51. The number of carbonyl (C=O) groups excluding carboxylic acids is 1. The van der Waals surface area contributed by atoms with Crippen LogP contribution in [-0.2, 0) is 4.79 Å². The molecule has 0 aliphatic heterocycles. The smallest absolute Gasteiger partial charge is 0.240 e. The zero-order chi connectivity index (χ0) is 12.1. The molecule has 0 saturated heterocycles. The molecule has 2 rings (SSSR count). The minimum absolute atomic E-state index is 0.0304. The molecule has 1 fully saturated rings. The second-order valence-corrected chi connectivity index (χ2v) is 4.43. The van der Waals surface area contributed by atoms with Crippen molar-refractivity contribution in [2.24, 2.45) is 5.73 Å². The van der Waals surface area contributed by atoms with Crippen LogP contribution >= 0.6 is 0 Å². The third-order valence-electron chi connectivity index (χ3n) is 2.86. The van der Waals surface area contributed by atoms with Crippen molar-refractivity contribution in [1.82, 2.24) is 5.32 Å². The summed E-state index contributed by atoms with van der Waals surface area (Å²) in [5.74, 6) is 0.827. The van der Waals surface area contributed by atoms with Crippen molar-refractivity contribution in [3.8, 4) is 5.75 Å². The van der Waals surface area contributed by atoms with Gasteiger partial charge in [-0.1, -0.05) is 18.2 Å². The van der Waals surface area contributed by atoms with Crippen LogP contribution in [0.3, 0.4) is 0 Å². The molecule has 0 radical (unpaired) electrons. The molecule has 0 bridgehead atoms. The first-order valence-corrected chi connectivity index (χ1v) is 5.96. The van der Waals surface area contributed by atoms with Gasteiger partial charge in [-0.3, -0.25) is 4.79 Å². The number of rotatable bonds is 6. The Kier molecular flexibility index (Phi) is 3.64. The van der Waals surface area contributed by atoms with E-state index in [0.717, 1.165) is 25.0 Å². The number of hydrogen-bond donors (Lipinski definition) is 2. The number of para-hydroxylation sites is 1. The van der Waals surface area contributed by atoms with Crippen molar-refractivity contribution < 1.29 is 9.53 Å². The van der Waals surface area contributed by atoms with Crippen LogP contribution in [0.15, 0.2) is 30.3 Å². The molecule has 1 aromatic carbocycles. The lowest BCUT2D eigenvalue weighted by atomic mass is 10.2. The van der Waals surface area contributed by atoms with E-state index in [1.807, 2.05) is 30.3 Å². The van der Waals surface area contributed by atoms with E-state index in [0.29, 0.717) is 13.2 Å². The normalized spacial score (nSPS) is 16.3. The predicted molar refractivity (Wildman–Crippen MR) is 65.7 cm³/mol. The highest BCUT2D eigenvalue weighted by Crippen LogP contribution is 2.31. The molecule has 1 amide bonds. The van der Waals surface area contributed by atoms with Crippen molar-refractivity contribution in [3.63, 3.8) is 0 Å². The molecule has 0 spiro atoms. The number of amides is 1. The van der Waals surface area contributed by atoms with Crippen molar-refractivity contribution in [3.05, 3.63) is 30.3 Å². The summed E-state index contributed by atoms with van der Waals surface area (Å²) >= 11 is 0. The molecule has 4 nitrogen and oxygen atoms in total. The van der Waals surface area contributed by atoms with Gasteiger partial charge in [0.15, 0.2) is 0 Å². The van der Waals surface area contributed by atoms with E-state index in [-0.39, 0.29) is 5.91 Å². The maximum Gasteiger partial charge on any atom is 0.240 e. The van der Waals surface area contributed by atoms with Gasteiger partial charge in [0.05, 0.1) is 12.1 Å². The highest BCUT2D eigenvalue weighted by molar-refractivity contribution is 5.88. The maximum absolute atomic E-state index is 11.5. The van der Waals surface area contributed by atoms with Crippen LogP contribution in [0.5, 0.6) is 5.75 Å². The van der Waals surface area contributed by atoms with Gasteiger partial charge in [0.25, 0.3) is 0 Å².